The molecule has 0 atom stereocenters. The maximum atomic E-state index is 12.8. The van der Waals surface area contributed by atoms with Gasteiger partial charge in [0.15, 0.2) is 5.65 Å². The molecule has 4 rings (SSSR count). The highest BCUT2D eigenvalue weighted by molar-refractivity contribution is 6.31. The van der Waals surface area contributed by atoms with E-state index in [1.165, 1.54) is 28.7 Å². The molecule has 1 aromatic carbocycles. The third kappa shape index (κ3) is 3.34. The number of nitrogens with one attached hydrogen (secondary N) is 2. The fourth-order valence-electron chi connectivity index (χ4n) is 2.91. The number of aromatic amines is 1. The number of anilines is 1. The number of amides is 1. The highest BCUT2D eigenvalue weighted by Crippen LogP contribution is 2.24. The van der Waals surface area contributed by atoms with Crippen molar-refractivity contribution in [2.75, 3.05) is 12.4 Å². The summed E-state index contributed by atoms with van der Waals surface area (Å²) < 4.78 is 8.07. The minimum atomic E-state index is -0.450. The van der Waals surface area contributed by atoms with Gasteiger partial charge < -0.3 is 10.1 Å². The van der Waals surface area contributed by atoms with E-state index in [-0.39, 0.29) is 17.1 Å². The summed E-state index contributed by atoms with van der Waals surface area (Å²) >= 11 is 6.02. The first-order chi connectivity index (χ1) is 13.9. The number of halogens is 1. The molecule has 3 heterocycles. The zero-order chi connectivity index (χ0) is 20.7. The molecular formula is C18H16ClN7O3. The van der Waals surface area contributed by atoms with E-state index in [2.05, 4.69) is 25.5 Å². The molecule has 0 bridgehead atoms. The number of hydrogen-bond acceptors (Lipinski definition) is 6. The van der Waals surface area contributed by atoms with E-state index in [4.69, 9.17) is 16.3 Å². The lowest BCUT2D eigenvalue weighted by molar-refractivity contribution is 0.102. The van der Waals surface area contributed by atoms with Gasteiger partial charge in [-0.2, -0.15) is 19.9 Å². The lowest BCUT2D eigenvalue weighted by Crippen LogP contribution is -2.19. The van der Waals surface area contributed by atoms with Gasteiger partial charge in [-0.3, -0.25) is 19.3 Å². The van der Waals surface area contributed by atoms with Crippen LogP contribution in [0.5, 0.6) is 5.75 Å². The topological polar surface area (TPSA) is 120 Å². The first-order valence-corrected chi connectivity index (χ1v) is 8.89. The molecule has 148 valence electrons. The number of carbonyl (C=O) groups excluding carboxylic acids is 1. The van der Waals surface area contributed by atoms with E-state index in [0.29, 0.717) is 33.3 Å². The summed E-state index contributed by atoms with van der Waals surface area (Å²) in [4.78, 5) is 32.3. The molecule has 0 radical (unpaired) electrons. The maximum absolute atomic E-state index is 12.8. The molecule has 0 saturated heterocycles. The van der Waals surface area contributed by atoms with Crippen LogP contribution >= 0.6 is 11.6 Å². The Morgan fingerprint density at radius 3 is 2.86 bits per heavy atom. The average Bonchev–Trinajstić information content (AvgIpc) is 3.24. The molecule has 1 amide bonds. The Morgan fingerprint density at radius 1 is 1.31 bits per heavy atom. The van der Waals surface area contributed by atoms with Crippen molar-refractivity contribution in [2.24, 2.45) is 7.05 Å². The molecule has 0 spiro atoms. The lowest BCUT2D eigenvalue weighted by atomic mass is 10.2. The predicted molar refractivity (Wildman–Crippen MR) is 107 cm³/mol. The Hall–Kier alpha value is -3.66. The van der Waals surface area contributed by atoms with E-state index in [0.717, 1.165) is 0 Å². The molecule has 4 aromatic rings. The number of ether oxygens (including phenoxy) is 1. The number of fused-ring (bicyclic) bond motifs is 1. The molecule has 11 heteroatoms. The predicted octanol–water partition coefficient (Wildman–Crippen LogP) is 2.07. The molecule has 0 aliphatic heterocycles. The molecule has 3 aromatic heterocycles. The van der Waals surface area contributed by atoms with Crippen molar-refractivity contribution in [3.63, 3.8) is 0 Å². The second-order valence-corrected chi connectivity index (χ2v) is 6.71. The van der Waals surface area contributed by atoms with Crippen LogP contribution in [0.2, 0.25) is 5.02 Å². The van der Waals surface area contributed by atoms with Crippen LogP contribution in [0.25, 0.3) is 17.0 Å². The number of rotatable bonds is 4. The molecule has 0 saturated carbocycles. The van der Waals surface area contributed by atoms with Gasteiger partial charge in [0.1, 0.15) is 17.0 Å². The van der Waals surface area contributed by atoms with Crippen LogP contribution in [0.3, 0.4) is 0 Å². The molecule has 29 heavy (non-hydrogen) atoms. The smallest absolute Gasteiger partial charge is 0.263 e. The summed E-state index contributed by atoms with van der Waals surface area (Å²) in [5.41, 5.74) is 0.908. The van der Waals surface area contributed by atoms with Gasteiger partial charge in [-0.1, -0.05) is 11.6 Å². The van der Waals surface area contributed by atoms with Crippen LogP contribution in [-0.2, 0) is 7.05 Å². The Kier molecular flexibility index (Phi) is 4.55. The van der Waals surface area contributed by atoms with Crippen LogP contribution in [0.15, 0.2) is 35.3 Å². The van der Waals surface area contributed by atoms with Crippen LogP contribution in [0, 0.1) is 6.92 Å². The van der Waals surface area contributed by atoms with Crippen molar-refractivity contribution < 1.29 is 9.53 Å². The standard InChI is InChI=1S/C18H16ClN7O3/c1-9-6-14(21-16(27)11-7-10(19)4-5-13(11)29-3)26(24-9)18-22-15-12(17(28)23-18)8-20-25(15)2/h4-8H,1-3H3,(H,21,27)(H,22,23,28). The first-order valence-electron chi connectivity index (χ1n) is 8.51. The first kappa shape index (κ1) is 18.7. The highest BCUT2D eigenvalue weighted by Gasteiger charge is 2.18. The fraction of sp³-hybridized carbons (Fsp3) is 0.167. The lowest BCUT2D eigenvalue weighted by Gasteiger charge is -2.11. The number of methoxy groups -OCH3 is 1. The number of nitrogens with zero attached hydrogens (tertiary/aromatic N) is 5. The van der Waals surface area contributed by atoms with Gasteiger partial charge in [0.25, 0.3) is 11.5 Å². The van der Waals surface area contributed by atoms with E-state index >= 15 is 0 Å². The Bertz CT molecular complexity index is 1300. The minimum Gasteiger partial charge on any atom is -0.496 e. The zero-order valence-electron chi connectivity index (χ0n) is 15.7. The summed E-state index contributed by atoms with van der Waals surface area (Å²) in [6, 6.07) is 6.39. The molecule has 10 nitrogen and oxygen atoms in total. The van der Waals surface area contributed by atoms with Gasteiger partial charge in [0.2, 0.25) is 5.95 Å². The number of aromatic nitrogens is 6. The number of aryl methyl sites for hydroxylation is 2. The highest BCUT2D eigenvalue weighted by atomic mass is 35.5. The van der Waals surface area contributed by atoms with Crippen molar-refractivity contribution in [3.8, 4) is 11.7 Å². The second kappa shape index (κ2) is 7.06. The second-order valence-electron chi connectivity index (χ2n) is 6.28. The SMILES string of the molecule is COc1ccc(Cl)cc1C(=O)Nc1cc(C)nn1-c1nc2c(cnn2C)c(=O)[nH]1. The number of hydrogen-bond donors (Lipinski definition) is 2. The number of benzene rings is 1. The summed E-state index contributed by atoms with van der Waals surface area (Å²) in [6.45, 7) is 1.76. The van der Waals surface area contributed by atoms with Crippen LogP contribution in [-0.4, -0.2) is 42.5 Å². The fourth-order valence-corrected chi connectivity index (χ4v) is 3.08. The molecular weight excluding hydrogens is 398 g/mol. The van der Waals surface area contributed by atoms with Gasteiger partial charge in [-0.15, -0.1) is 0 Å². The monoisotopic (exact) mass is 413 g/mol. The van der Waals surface area contributed by atoms with E-state index in [9.17, 15) is 9.59 Å². The Labute approximate surface area is 169 Å². The molecule has 0 fully saturated rings. The van der Waals surface area contributed by atoms with Crippen molar-refractivity contribution in [1.29, 1.82) is 0 Å². The third-order valence-electron chi connectivity index (χ3n) is 4.27. The van der Waals surface area contributed by atoms with E-state index < -0.39 is 5.91 Å². The molecule has 0 aliphatic carbocycles. The largest absolute Gasteiger partial charge is 0.496 e. The average molecular weight is 414 g/mol. The van der Waals surface area contributed by atoms with E-state index in [1.54, 1.807) is 32.2 Å². The normalized spacial score (nSPS) is 11.0. The summed E-state index contributed by atoms with van der Waals surface area (Å²) in [5, 5.41) is 11.9. The molecule has 2 N–H and O–H groups in total. The molecule has 0 unspecified atom stereocenters. The van der Waals surface area contributed by atoms with Crippen molar-refractivity contribution in [1.82, 2.24) is 29.5 Å². The van der Waals surface area contributed by atoms with Gasteiger partial charge in [-0.25, -0.2) is 0 Å². The van der Waals surface area contributed by atoms with Crippen LogP contribution < -0.4 is 15.6 Å². The zero-order valence-corrected chi connectivity index (χ0v) is 16.5. The van der Waals surface area contributed by atoms with Crippen LogP contribution in [0.1, 0.15) is 16.1 Å². The quantitative estimate of drug-likeness (QED) is 0.528. The minimum absolute atomic E-state index is 0.146. The van der Waals surface area contributed by atoms with Gasteiger partial charge >= 0.3 is 0 Å². The Balaban J connectivity index is 1.77. The Morgan fingerprint density at radius 2 is 2.10 bits per heavy atom. The summed E-state index contributed by atoms with van der Waals surface area (Å²) in [6.07, 6.45) is 1.44. The van der Waals surface area contributed by atoms with Gasteiger partial charge in [-0.05, 0) is 25.1 Å². The molecule has 0 aliphatic rings. The van der Waals surface area contributed by atoms with Crippen molar-refractivity contribution >= 4 is 34.4 Å². The number of H-pyrrole nitrogens is 1. The van der Waals surface area contributed by atoms with Crippen molar-refractivity contribution in [3.05, 3.63) is 57.1 Å². The van der Waals surface area contributed by atoms with Crippen molar-refractivity contribution in [2.45, 2.75) is 6.92 Å². The summed E-state index contributed by atoms with van der Waals surface area (Å²) in [7, 11) is 3.15. The van der Waals surface area contributed by atoms with E-state index in [1.807, 2.05) is 0 Å². The maximum Gasteiger partial charge on any atom is 0.263 e. The van der Waals surface area contributed by atoms with Gasteiger partial charge in [0.05, 0.1) is 24.6 Å². The number of carbonyl (C=O) groups is 1. The van der Waals surface area contributed by atoms with Crippen LogP contribution in [0.4, 0.5) is 5.82 Å². The third-order valence-corrected chi connectivity index (χ3v) is 4.50. The summed E-state index contributed by atoms with van der Waals surface area (Å²) in [5.74, 6) is 0.388. The van der Waals surface area contributed by atoms with Gasteiger partial charge in [0, 0.05) is 18.1 Å².